The van der Waals surface area contributed by atoms with Crippen LogP contribution >= 0.6 is 0 Å². The monoisotopic (exact) mass is 331 g/mol. The second-order valence-corrected chi connectivity index (χ2v) is 5.49. The van der Waals surface area contributed by atoms with E-state index in [1.54, 1.807) is 14.0 Å². The number of hydrogen-bond acceptors (Lipinski definition) is 6. The van der Waals surface area contributed by atoms with Gasteiger partial charge < -0.3 is 15.4 Å². The van der Waals surface area contributed by atoms with Crippen LogP contribution in [-0.4, -0.2) is 45.0 Å². The zero-order valence-electron chi connectivity index (χ0n) is 13.7. The molecule has 24 heavy (non-hydrogen) atoms. The highest BCUT2D eigenvalue weighted by Gasteiger charge is 2.22. The van der Waals surface area contributed by atoms with Crippen molar-refractivity contribution in [3.05, 3.63) is 47.5 Å². The average molecular weight is 331 g/mol. The summed E-state index contributed by atoms with van der Waals surface area (Å²) in [6.45, 7) is 2.15. The number of rotatable bonds is 7. The Morgan fingerprint density at radius 2 is 2.04 bits per heavy atom. The molecule has 8 nitrogen and oxygen atoms in total. The third kappa shape index (κ3) is 5.17. The number of carbonyl (C=O) groups excluding carboxylic acids is 2. The molecule has 0 bridgehead atoms. The largest absolute Gasteiger partial charge is 0.461 e. The fourth-order valence-electron chi connectivity index (χ4n) is 2.10. The molecule has 0 saturated carbocycles. The Morgan fingerprint density at radius 1 is 1.33 bits per heavy atom. The van der Waals surface area contributed by atoms with Crippen molar-refractivity contribution in [1.82, 2.24) is 20.1 Å². The van der Waals surface area contributed by atoms with Crippen LogP contribution in [0.4, 0.5) is 0 Å². The molecular weight excluding hydrogens is 310 g/mol. The first-order valence-electron chi connectivity index (χ1n) is 7.53. The maximum absolute atomic E-state index is 12.2. The van der Waals surface area contributed by atoms with Crippen LogP contribution < -0.4 is 5.73 Å². The molecule has 0 aliphatic carbocycles. The van der Waals surface area contributed by atoms with Gasteiger partial charge in [-0.1, -0.05) is 30.3 Å². The molecule has 8 heteroatoms. The SMILES string of the molecule is Cc1nc(CN(C)C(=O)[C@@H](N)CC(=O)OCc2ccccc2)n[nH]1. The van der Waals surface area contributed by atoms with Gasteiger partial charge in [0.1, 0.15) is 12.4 Å². The summed E-state index contributed by atoms with van der Waals surface area (Å²) in [6.07, 6.45) is -0.178. The van der Waals surface area contributed by atoms with E-state index < -0.39 is 12.0 Å². The van der Waals surface area contributed by atoms with E-state index in [9.17, 15) is 9.59 Å². The van der Waals surface area contributed by atoms with E-state index in [2.05, 4.69) is 15.2 Å². The fourth-order valence-corrected chi connectivity index (χ4v) is 2.10. The van der Waals surface area contributed by atoms with Gasteiger partial charge in [0.25, 0.3) is 0 Å². The van der Waals surface area contributed by atoms with Gasteiger partial charge in [-0.25, -0.2) is 4.98 Å². The summed E-state index contributed by atoms with van der Waals surface area (Å²) in [5.41, 5.74) is 6.68. The number of ether oxygens (including phenoxy) is 1. The maximum atomic E-state index is 12.2. The predicted octanol–water partition coefficient (Wildman–Crippen LogP) is 0.532. The highest BCUT2D eigenvalue weighted by Crippen LogP contribution is 2.05. The molecule has 2 aromatic rings. The molecule has 0 aliphatic rings. The van der Waals surface area contributed by atoms with Crippen molar-refractivity contribution in [3.63, 3.8) is 0 Å². The standard InChI is InChI=1S/C16H21N5O3/c1-11-18-14(20-19-11)9-21(2)16(23)13(17)8-15(22)24-10-12-6-4-3-5-7-12/h3-7,13H,8-10,17H2,1-2H3,(H,18,19,20)/t13-/m0/s1. The number of amides is 1. The first-order valence-corrected chi connectivity index (χ1v) is 7.53. The number of aromatic amines is 1. The third-order valence-electron chi connectivity index (χ3n) is 3.34. The number of aromatic nitrogens is 3. The number of carbonyl (C=O) groups is 2. The molecular formula is C16H21N5O3. The second-order valence-electron chi connectivity index (χ2n) is 5.49. The van der Waals surface area contributed by atoms with Gasteiger partial charge in [0.05, 0.1) is 19.0 Å². The molecule has 1 aromatic heterocycles. The molecule has 3 N–H and O–H groups in total. The van der Waals surface area contributed by atoms with Crippen molar-refractivity contribution in [1.29, 1.82) is 0 Å². The molecule has 128 valence electrons. The first kappa shape index (κ1) is 17.6. The van der Waals surface area contributed by atoms with Crippen LogP contribution in [0.1, 0.15) is 23.6 Å². The Bertz CT molecular complexity index is 686. The third-order valence-corrected chi connectivity index (χ3v) is 3.34. The second kappa shape index (κ2) is 8.21. The summed E-state index contributed by atoms with van der Waals surface area (Å²) in [7, 11) is 1.59. The van der Waals surface area contributed by atoms with E-state index in [1.165, 1.54) is 4.90 Å². The molecule has 1 aromatic carbocycles. The van der Waals surface area contributed by atoms with Gasteiger partial charge in [0.15, 0.2) is 5.82 Å². The Kier molecular flexibility index (Phi) is 6.02. The molecule has 0 unspecified atom stereocenters. The van der Waals surface area contributed by atoms with Crippen LogP contribution in [-0.2, 0) is 27.5 Å². The van der Waals surface area contributed by atoms with E-state index in [-0.39, 0.29) is 25.5 Å². The van der Waals surface area contributed by atoms with Crippen LogP contribution in [0.3, 0.4) is 0 Å². The number of H-pyrrole nitrogens is 1. The van der Waals surface area contributed by atoms with E-state index in [1.807, 2.05) is 30.3 Å². The lowest BCUT2D eigenvalue weighted by Gasteiger charge is -2.19. The summed E-state index contributed by atoms with van der Waals surface area (Å²) < 4.78 is 5.13. The zero-order valence-corrected chi connectivity index (χ0v) is 13.7. The maximum Gasteiger partial charge on any atom is 0.308 e. The van der Waals surface area contributed by atoms with Crippen LogP contribution in [0.15, 0.2) is 30.3 Å². The lowest BCUT2D eigenvalue weighted by atomic mass is 10.2. The number of hydrogen-bond donors (Lipinski definition) is 2. The minimum atomic E-state index is -0.960. The van der Waals surface area contributed by atoms with Gasteiger partial charge in [-0.2, -0.15) is 5.10 Å². The summed E-state index contributed by atoms with van der Waals surface area (Å²) in [5.74, 6) is 0.276. The minimum absolute atomic E-state index is 0.160. The lowest BCUT2D eigenvalue weighted by molar-refractivity contribution is -0.148. The lowest BCUT2D eigenvalue weighted by Crippen LogP contribution is -2.43. The average Bonchev–Trinajstić information content (AvgIpc) is 2.98. The topological polar surface area (TPSA) is 114 Å². The van der Waals surface area contributed by atoms with Crippen molar-refractivity contribution < 1.29 is 14.3 Å². The molecule has 0 saturated heterocycles. The van der Waals surface area contributed by atoms with Crippen LogP contribution in [0.25, 0.3) is 0 Å². The molecule has 2 rings (SSSR count). The number of aryl methyl sites for hydroxylation is 1. The molecule has 0 radical (unpaired) electrons. The van der Waals surface area contributed by atoms with Gasteiger partial charge >= 0.3 is 5.97 Å². The van der Waals surface area contributed by atoms with Crippen molar-refractivity contribution in [2.45, 2.75) is 32.5 Å². The van der Waals surface area contributed by atoms with Gasteiger partial charge in [0, 0.05) is 7.05 Å². The molecule has 0 spiro atoms. The normalized spacial score (nSPS) is 11.8. The highest BCUT2D eigenvalue weighted by atomic mass is 16.5. The summed E-state index contributed by atoms with van der Waals surface area (Å²) >= 11 is 0. The van der Waals surface area contributed by atoms with Crippen LogP contribution in [0.5, 0.6) is 0 Å². The molecule has 0 fully saturated rings. The number of nitrogens with one attached hydrogen (secondary N) is 1. The van der Waals surface area contributed by atoms with E-state index in [0.29, 0.717) is 11.6 Å². The highest BCUT2D eigenvalue weighted by molar-refractivity contribution is 5.86. The Balaban J connectivity index is 1.78. The van der Waals surface area contributed by atoms with Crippen LogP contribution in [0.2, 0.25) is 0 Å². The van der Waals surface area contributed by atoms with Crippen molar-refractivity contribution in [2.75, 3.05) is 7.05 Å². The van der Waals surface area contributed by atoms with E-state index in [4.69, 9.17) is 10.5 Å². The molecule has 0 aliphatic heterocycles. The molecule has 1 heterocycles. The minimum Gasteiger partial charge on any atom is -0.461 e. The molecule has 1 atom stereocenters. The quantitative estimate of drug-likeness (QED) is 0.715. The number of nitrogens with two attached hydrogens (primary N) is 1. The predicted molar refractivity (Wildman–Crippen MR) is 86.4 cm³/mol. The van der Waals surface area contributed by atoms with Gasteiger partial charge in [-0.3, -0.25) is 14.7 Å². The van der Waals surface area contributed by atoms with Crippen molar-refractivity contribution in [2.24, 2.45) is 5.73 Å². The Morgan fingerprint density at radius 3 is 2.67 bits per heavy atom. The summed E-state index contributed by atoms with van der Waals surface area (Å²) in [4.78, 5) is 29.5. The Hall–Kier alpha value is -2.74. The van der Waals surface area contributed by atoms with Gasteiger partial charge in [-0.05, 0) is 12.5 Å². The zero-order chi connectivity index (χ0) is 17.5. The Labute approximate surface area is 140 Å². The number of benzene rings is 1. The van der Waals surface area contributed by atoms with Gasteiger partial charge in [-0.15, -0.1) is 0 Å². The summed E-state index contributed by atoms with van der Waals surface area (Å²) in [6, 6.07) is 8.34. The smallest absolute Gasteiger partial charge is 0.308 e. The van der Waals surface area contributed by atoms with Gasteiger partial charge in [0.2, 0.25) is 5.91 Å². The summed E-state index contributed by atoms with van der Waals surface area (Å²) in [5, 5.41) is 6.66. The molecule has 1 amide bonds. The van der Waals surface area contributed by atoms with Crippen molar-refractivity contribution in [3.8, 4) is 0 Å². The van der Waals surface area contributed by atoms with Crippen molar-refractivity contribution >= 4 is 11.9 Å². The fraction of sp³-hybridized carbons (Fsp3) is 0.375. The van der Waals surface area contributed by atoms with Crippen LogP contribution in [0, 0.1) is 6.92 Å². The van der Waals surface area contributed by atoms with E-state index >= 15 is 0 Å². The number of likely N-dealkylation sites (N-methyl/N-ethyl adjacent to an activating group) is 1. The van der Waals surface area contributed by atoms with E-state index in [0.717, 1.165) is 5.56 Å². The number of nitrogens with zero attached hydrogens (tertiary/aromatic N) is 3. The number of esters is 1. The first-order chi connectivity index (χ1) is 11.5.